The fourth-order valence-corrected chi connectivity index (χ4v) is 7.35. The highest BCUT2D eigenvalue weighted by atomic mass is 28.4. The quantitative estimate of drug-likeness (QED) is 0.319. The van der Waals surface area contributed by atoms with Gasteiger partial charge in [-0.3, -0.25) is 4.79 Å². The summed E-state index contributed by atoms with van der Waals surface area (Å²) in [5, 5.41) is 0. The topological polar surface area (TPSA) is 72.5 Å². The summed E-state index contributed by atoms with van der Waals surface area (Å²) in [6.45, 7) is 29.2. The van der Waals surface area contributed by atoms with Crippen molar-refractivity contribution in [3.05, 3.63) is 0 Å². The molecule has 1 aliphatic rings. The van der Waals surface area contributed by atoms with E-state index in [1.807, 2.05) is 26.6 Å². The minimum atomic E-state index is -2.15. The van der Waals surface area contributed by atoms with E-state index in [0.717, 1.165) is 6.42 Å². The monoisotopic (exact) mass is 538 g/mol. The smallest absolute Gasteiger partial charge is 0.324 e. The fourth-order valence-electron chi connectivity index (χ4n) is 3.41. The van der Waals surface area contributed by atoms with Gasteiger partial charge in [0.2, 0.25) is 8.32 Å². The summed E-state index contributed by atoms with van der Waals surface area (Å²) in [4.78, 5) is 13.4. The van der Waals surface area contributed by atoms with Crippen LogP contribution in [0.4, 0.5) is 0 Å². The Hall–Kier alpha value is 0.138. The van der Waals surface area contributed by atoms with E-state index in [1.54, 1.807) is 0 Å². The molecule has 196 valence electrons. The molecule has 0 aromatic carbocycles. The van der Waals surface area contributed by atoms with Crippen LogP contribution in [0.3, 0.4) is 0 Å². The molecule has 6 atom stereocenters. The van der Waals surface area contributed by atoms with Crippen LogP contribution >= 0.6 is 0 Å². The Balaban J connectivity index is 3.59. The van der Waals surface area contributed by atoms with Crippen LogP contribution in [0.25, 0.3) is 0 Å². The maximum Gasteiger partial charge on any atom is 0.324 e. The van der Waals surface area contributed by atoms with Crippen molar-refractivity contribution in [3.8, 4) is 0 Å². The molecule has 1 fully saturated rings. The van der Waals surface area contributed by atoms with Crippen LogP contribution in [0, 0.1) is 0 Å². The molecule has 0 radical (unpaired) electrons. The van der Waals surface area contributed by atoms with Gasteiger partial charge in [-0.2, -0.15) is 0 Å². The lowest BCUT2D eigenvalue weighted by Gasteiger charge is -2.50. The molecule has 1 rings (SSSR count). The zero-order valence-corrected chi connectivity index (χ0v) is 27.5. The normalized spacial score (nSPS) is 28.5. The van der Waals surface area contributed by atoms with Crippen molar-refractivity contribution in [3.63, 3.8) is 0 Å². The van der Waals surface area contributed by atoms with Gasteiger partial charge < -0.3 is 27.2 Å². The van der Waals surface area contributed by atoms with Crippen LogP contribution in [0.1, 0.15) is 20.3 Å². The molecule has 33 heavy (non-hydrogen) atoms. The highest BCUT2D eigenvalue weighted by Gasteiger charge is 2.55. The maximum absolute atomic E-state index is 13.4. The Bertz CT molecular complexity index is 635. The molecule has 0 saturated carbocycles. The summed E-state index contributed by atoms with van der Waals surface area (Å²) in [5.41, 5.74) is 0. The Kier molecular flexibility index (Phi) is 10.8. The highest BCUT2D eigenvalue weighted by molar-refractivity contribution is 6.71. The van der Waals surface area contributed by atoms with Crippen LogP contribution in [-0.2, 0) is 32.0 Å². The minimum Gasteiger partial charge on any atom is -0.518 e. The van der Waals surface area contributed by atoms with Crippen LogP contribution in [0.5, 0.6) is 0 Å². The molecular weight excluding hydrogens is 489 g/mol. The van der Waals surface area contributed by atoms with Gasteiger partial charge in [0.25, 0.3) is 0 Å². The molecule has 0 spiro atoms. The van der Waals surface area contributed by atoms with Crippen molar-refractivity contribution in [2.24, 2.45) is 0 Å². The predicted octanol–water partition coefficient (Wildman–Crippen LogP) is 5.56. The van der Waals surface area contributed by atoms with Crippen LogP contribution in [-0.4, -0.2) is 76.0 Å². The Labute approximate surface area is 206 Å². The molecule has 7 nitrogen and oxygen atoms in total. The van der Waals surface area contributed by atoms with E-state index in [1.165, 1.54) is 0 Å². The van der Waals surface area contributed by atoms with Gasteiger partial charge in [-0.05, 0) is 91.9 Å². The van der Waals surface area contributed by atoms with E-state index >= 15 is 0 Å². The summed E-state index contributed by atoms with van der Waals surface area (Å²) in [5.74, 6) is -0.397. The second-order valence-electron chi connectivity index (χ2n) is 12.9. The van der Waals surface area contributed by atoms with E-state index in [2.05, 4.69) is 65.8 Å². The standard InChI is InChI=1S/C22H50O7Si4/c1-15-16(2)24-22-20(28-32(9,10)11)18(27-31(6,7)8)17(26-30(3,4)5)19(25-22)21(23)29-33(12,13)14/h16-20,22H,15H2,1-14H3/t16-,17?,18?,19?,20?,22?/m1/s1. The average Bonchev–Trinajstić information content (AvgIpc) is 2.54. The number of hydrogen-bond acceptors (Lipinski definition) is 7. The highest BCUT2D eigenvalue weighted by Crippen LogP contribution is 2.35. The number of ether oxygens (including phenoxy) is 2. The van der Waals surface area contributed by atoms with Crippen molar-refractivity contribution in [1.29, 1.82) is 0 Å². The van der Waals surface area contributed by atoms with Gasteiger partial charge in [-0.15, -0.1) is 0 Å². The zero-order valence-electron chi connectivity index (χ0n) is 23.5. The fraction of sp³-hybridized carbons (Fsp3) is 0.955. The van der Waals surface area contributed by atoms with Crippen molar-refractivity contribution in [2.75, 3.05) is 0 Å². The Morgan fingerprint density at radius 3 is 1.55 bits per heavy atom. The number of carbonyl (C=O) groups excluding carboxylic acids is 1. The van der Waals surface area contributed by atoms with Crippen LogP contribution in [0.15, 0.2) is 0 Å². The first-order valence-electron chi connectivity index (χ1n) is 12.2. The summed E-state index contributed by atoms with van der Waals surface area (Å²) < 4.78 is 38.6. The largest absolute Gasteiger partial charge is 0.518 e. The summed E-state index contributed by atoms with van der Waals surface area (Å²) >= 11 is 0. The van der Waals surface area contributed by atoms with Gasteiger partial charge >= 0.3 is 5.97 Å². The van der Waals surface area contributed by atoms with Gasteiger partial charge in [-0.25, -0.2) is 0 Å². The second-order valence-corrected chi connectivity index (χ2v) is 30.7. The molecule has 11 heteroatoms. The first kappa shape index (κ1) is 31.2. The Morgan fingerprint density at radius 1 is 0.727 bits per heavy atom. The van der Waals surface area contributed by atoms with Crippen LogP contribution in [0.2, 0.25) is 78.6 Å². The van der Waals surface area contributed by atoms with E-state index in [9.17, 15) is 4.79 Å². The molecular formula is C22H50O7Si4. The van der Waals surface area contributed by atoms with Crippen molar-refractivity contribution < 1.29 is 32.0 Å². The summed E-state index contributed by atoms with van der Waals surface area (Å²) in [6.07, 6.45) is -2.51. The molecule has 0 aliphatic carbocycles. The van der Waals surface area contributed by atoms with Gasteiger partial charge in [0, 0.05) is 0 Å². The lowest BCUT2D eigenvalue weighted by Crippen LogP contribution is -2.67. The van der Waals surface area contributed by atoms with Gasteiger partial charge in [-0.1, -0.05) is 6.92 Å². The average molecular weight is 539 g/mol. The molecule has 1 aliphatic heterocycles. The SMILES string of the molecule is CC[C@@H](C)OC1OC(C(=O)O[Si](C)(C)C)C(O[Si](C)(C)C)C(O[Si](C)(C)C)C1O[Si](C)(C)C. The third kappa shape index (κ3) is 11.6. The molecule has 1 saturated heterocycles. The molecule has 0 amide bonds. The lowest BCUT2D eigenvalue weighted by atomic mass is 9.99. The third-order valence-corrected chi connectivity index (χ3v) is 8.30. The second kappa shape index (κ2) is 11.5. The molecule has 5 unspecified atom stereocenters. The number of rotatable bonds is 11. The van der Waals surface area contributed by atoms with E-state index in [-0.39, 0.29) is 6.10 Å². The van der Waals surface area contributed by atoms with E-state index < -0.39 is 69.9 Å². The zero-order chi connectivity index (χ0) is 26.0. The molecule has 0 aromatic rings. The van der Waals surface area contributed by atoms with E-state index in [0.29, 0.717) is 0 Å². The summed E-state index contributed by atoms with van der Waals surface area (Å²) in [6, 6.07) is 0. The molecule has 0 bridgehead atoms. The lowest BCUT2D eigenvalue weighted by molar-refractivity contribution is -0.293. The molecule has 0 aromatic heterocycles. The van der Waals surface area contributed by atoms with Crippen molar-refractivity contribution >= 4 is 39.2 Å². The first-order valence-corrected chi connectivity index (χ1v) is 25.8. The van der Waals surface area contributed by atoms with Gasteiger partial charge in [0.1, 0.15) is 18.3 Å². The minimum absolute atomic E-state index is 0.0570. The molecule has 1 heterocycles. The van der Waals surface area contributed by atoms with Crippen molar-refractivity contribution in [1.82, 2.24) is 0 Å². The first-order chi connectivity index (χ1) is 14.6. The third-order valence-electron chi connectivity index (χ3n) is 4.54. The van der Waals surface area contributed by atoms with E-state index in [4.69, 9.17) is 27.2 Å². The summed E-state index contributed by atoms with van der Waals surface area (Å²) in [7, 11) is -8.30. The number of hydrogen-bond donors (Lipinski definition) is 0. The van der Waals surface area contributed by atoms with Crippen molar-refractivity contribution in [2.45, 2.75) is 136 Å². The molecule has 0 N–H and O–H groups in total. The van der Waals surface area contributed by atoms with Gasteiger partial charge in [0.15, 0.2) is 37.3 Å². The van der Waals surface area contributed by atoms with Gasteiger partial charge in [0.05, 0.1) is 6.10 Å². The maximum atomic E-state index is 13.4. The predicted molar refractivity (Wildman–Crippen MR) is 144 cm³/mol. The Morgan fingerprint density at radius 2 is 1.15 bits per heavy atom. The van der Waals surface area contributed by atoms with Crippen LogP contribution < -0.4 is 0 Å². The number of carbonyl (C=O) groups is 1.